The fourth-order valence-corrected chi connectivity index (χ4v) is 1.74. The van der Waals surface area contributed by atoms with E-state index in [0.717, 1.165) is 37.4 Å². The van der Waals surface area contributed by atoms with Crippen LogP contribution in [0.3, 0.4) is 0 Å². The van der Waals surface area contributed by atoms with Crippen molar-refractivity contribution in [3.63, 3.8) is 0 Å². The molecule has 0 saturated heterocycles. The van der Waals surface area contributed by atoms with Gasteiger partial charge in [-0.25, -0.2) is 0 Å². The summed E-state index contributed by atoms with van der Waals surface area (Å²) in [5, 5.41) is 9.87. The van der Waals surface area contributed by atoms with E-state index in [1.54, 1.807) is 7.11 Å². The minimum atomic E-state index is -0.303. The number of rotatable bonds is 8. The van der Waals surface area contributed by atoms with Gasteiger partial charge in [-0.1, -0.05) is 12.1 Å². The normalized spacial score (nSPS) is 12.4. The predicted molar refractivity (Wildman–Crippen MR) is 68.4 cm³/mol. The molecular weight excluding hydrogens is 216 g/mol. The van der Waals surface area contributed by atoms with Gasteiger partial charge in [-0.2, -0.15) is 0 Å². The van der Waals surface area contributed by atoms with Crippen LogP contribution in [0.1, 0.15) is 25.3 Å². The van der Waals surface area contributed by atoms with E-state index in [4.69, 9.17) is 9.47 Å². The lowest BCUT2D eigenvalue weighted by Gasteiger charge is -2.11. The SMILES string of the molecule is CCOCCCC(O)Cc1cccc(OC)c1. The van der Waals surface area contributed by atoms with Crippen LogP contribution >= 0.6 is 0 Å². The Bertz CT molecular complexity index is 312. The zero-order valence-electron chi connectivity index (χ0n) is 10.7. The van der Waals surface area contributed by atoms with Crippen molar-refractivity contribution in [3.8, 4) is 5.75 Å². The minimum absolute atomic E-state index is 0.303. The number of hydrogen-bond donors (Lipinski definition) is 1. The zero-order valence-corrected chi connectivity index (χ0v) is 10.7. The minimum Gasteiger partial charge on any atom is -0.497 e. The van der Waals surface area contributed by atoms with Crippen molar-refractivity contribution in [2.24, 2.45) is 0 Å². The lowest BCUT2D eigenvalue weighted by atomic mass is 10.0. The lowest BCUT2D eigenvalue weighted by Crippen LogP contribution is -2.11. The molecule has 0 heterocycles. The first kappa shape index (κ1) is 14.0. The average molecular weight is 238 g/mol. The Hall–Kier alpha value is -1.06. The first-order valence-corrected chi connectivity index (χ1v) is 6.15. The Labute approximate surface area is 103 Å². The van der Waals surface area contributed by atoms with Gasteiger partial charge in [0, 0.05) is 13.2 Å². The Morgan fingerprint density at radius 3 is 2.88 bits per heavy atom. The number of methoxy groups -OCH3 is 1. The molecule has 0 aliphatic rings. The van der Waals surface area contributed by atoms with Crippen molar-refractivity contribution >= 4 is 0 Å². The smallest absolute Gasteiger partial charge is 0.119 e. The monoisotopic (exact) mass is 238 g/mol. The summed E-state index contributed by atoms with van der Waals surface area (Å²) in [7, 11) is 1.65. The molecular formula is C14H22O3. The van der Waals surface area contributed by atoms with Gasteiger partial charge in [0.25, 0.3) is 0 Å². The van der Waals surface area contributed by atoms with E-state index in [9.17, 15) is 5.11 Å². The van der Waals surface area contributed by atoms with Gasteiger partial charge in [-0.05, 0) is 43.9 Å². The quantitative estimate of drug-likeness (QED) is 0.707. The fourth-order valence-electron chi connectivity index (χ4n) is 1.74. The van der Waals surface area contributed by atoms with Gasteiger partial charge in [0.05, 0.1) is 13.2 Å². The summed E-state index contributed by atoms with van der Waals surface area (Å²) < 4.78 is 10.4. The number of ether oxygens (including phenoxy) is 2. The van der Waals surface area contributed by atoms with Gasteiger partial charge >= 0.3 is 0 Å². The third kappa shape index (κ3) is 5.71. The van der Waals surface area contributed by atoms with Crippen LogP contribution in [0.2, 0.25) is 0 Å². The highest BCUT2D eigenvalue weighted by molar-refractivity contribution is 5.28. The molecule has 0 fully saturated rings. The second-order valence-electron chi connectivity index (χ2n) is 4.05. The molecule has 0 saturated carbocycles. The number of aliphatic hydroxyl groups excluding tert-OH is 1. The molecule has 1 rings (SSSR count). The number of benzene rings is 1. The molecule has 3 nitrogen and oxygen atoms in total. The molecule has 0 aromatic heterocycles. The topological polar surface area (TPSA) is 38.7 Å². The lowest BCUT2D eigenvalue weighted by molar-refractivity contribution is 0.114. The summed E-state index contributed by atoms with van der Waals surface area (Å²) in [6.07, 6.45) is 2.04. The Morgan fingerprint density at radius 1 is 1.35 bits per heavy atom. The van der Waals surface area contributed by atoms with Gasteiger partial charge in [-0.3, -0.25) is 0 Å². The van der Waals surface area contributed by atoms with Crippen LogP contribution in [-0.2, 0) is 11.2 Å². The fraction of sp³-hybridized carbons (Fsp3) is 0.571. The largest absolute Gasteiger partial charge is 0.497 e. The Balaban J connectivity index is 2.31. The molecule has 0 aliphatic heterocycles. The molecule has 1 unspecified atom stereocenters. The molecule has 0 spiro atoms. The van der Waals surface area contributed by atoms with Crippen LogP contribution in [0, 0.1) is 0 Å². The first-order valence-electron chi connectivity index (χ1n) is 6.15. The van der Waals surface area contributed by atoms with E-state index in [-0.39, 0.29) is 6.10 Å². The molecule has 0 radical (unpaired) electrons. The number of aliphatic hydroxyl groups is 1. The Morgan fingerprint density at radius 2 is 2.18 bits per heavy atom. The van der Waals surface area contributed by atoms with E-state index in [1.165, 1.54) is 0 Å². The third-order valence-corrected chi connectivity index (χ3v) is 2.64. The van der Waals surface area contributed by atoms with Gasteiger partial charge in [0.15, 0.2) is 0 Å². The van der Waals surface area contributed by atoms with E-state index in [0.29, 0.717) is 6.42 Å². The molecule has 1 atom stereocenters. The first-order chi connectivity index (χ1) is 8.26. The molecule has 1 aromatic rings. The molecule has 0 bridgehead atoms. The number of hydrogen-bond acceptors (Lipinski definition) is 3. The van der Waals surface area contributed by atoms with Gasteiger partial charge in [-0.15, -0.1) is 0 Å². The van der Waals surface area contributed by atoms with Crippen molar-refractivity contribution in [1.82, 2.24) is 0 Å². The highest BCUT2D eigenvalue weighted by Crippen LogP contribution is 2.15. The molecule has 0 aliphatic carbocycles. The van der Waals surface area contributed by atoms with Crippen LogP contribution in [0.25, 0.3) is 0 Å². The van der Waals surface area contributed by atoms with Crippen LogP contribution in [-0.4, -0.2) is 31.5 Å². The van der Waals surface area contributed by atoms with Crippen molar-refractivity contribution in [1.29, 1.82) is 0 Å². The molecule has 1 aromatic carbocycles. The van der Waals surface area contributed by atoms with E-state index < -0.39 is 0 Å². The molecule has 96 valence electrons. The van der Waals surface area contributed by atoms with Gasteiger partial charge in [0.1, 0.15) is 5.75 Å². The van der Waals surface area contributed by atoms with Crippen LogP contribution in [0.4, 0.5) is 0 Å². The maximum Gasteiger partial charge on any atom is 0.119 e. The van der Waals surface area contributed by atoms with Crippen molar-refractivity contribution < 1.29 is 14.6 Å². The summed E-state index contributed by atoms with van der Waals surface area (Å²) in [5.74, 6) is 0.837. The molecule has 0 amide bonds. The van der Waals surface area contributed by atoms with E-state index >= 15 is 0 Å². The summed E-state index contributed by atoms with van der Waals surface area (Å²) in [5.41, 5.74) is 1.10. The summed E-state index contributed by atoms with van der Waals surface area (Å²) in [6.45, 7) is 3.45. The van der Waals surface area contributed by atoms with Crippen LogP contribution in [0.15, 0.2) is 24.3 Å². The summed E-state index contributed by atoms with van der Waals surface area (Å²) >= 11 is 0. The highest BCUT2D eigenvalue weighted by Gasteiger charge is 2.06. The zero-order chi connectivity index (χ0) is 12.5. The van der Waals surface area contributed by atoms with E-state index in [2.05, 4.69) is 0 Å². The maximum absolute atomic E-state index is 9.87. The standard InChI is InChI=1S/C14H22O3/c1-3-17-9-5-7-13(15)10-12-6-4-8-14(11-12)16-2/h4,6,8,11,13,15H,3,5,7,9-10H2,1-2H3. The average Bonchev–Trinajstić information content (AvgIpc) is 2.35. The van der Waals surface area contributed by atoms with Gasteiger partial charge < -0.3 is 14.6 Å². The van der Waals surface area contributed by atoms with Crippen molar-refractivity contribution in [2.75, 3.05) is 20.3 Å². The summed E-state index contributed by atoms with van der Waals surface area (Å²) in [4.78, 5) is 0. The van der Waals surface area contributed by atoms with Crippen LogP contribution < -0.4 is 4.74 Å². The van der Waals surface area contributed by atoms with Gasteiger partial charge in [0.2, 0.25) is 0 Å². The molecule has 17 heavy (non-hydrogen) atoms. The summed E-state index contributed by atoms with van der Waals surface area (Å²) in [6, 6.07) is 7.83. The molecule has 1 N–H and O–H groups in total. The van der Waals surface area contributed by atoms with Crippen molar-refractivity contribution in [3.05, 3.63) is 29.8 Å². The third-order valence-electron chi connectivity index (χ3n) is 2.64. The molecule has 3 heteroatoms. The second kappa shape index (κ2) is 8.09. The van der Waals surface area contributed by atoms with Crippen molar-refractivity contribution in [2.45, 2.75) is 32.3 Å². The highest BCUT2D eigenvalue weighted by atomic mass is 16.5. The second-order valence-corrected chi connectivity index (χ2v) is 4.05. The maximum atomic E-state index is 9.87. The predicted octanol–water partition coefficient (Wildman–Crippen LogP) is 2.42. The Kier molecular flexibility index (Phi) is 6.67. The van der Waals surface area contributed by atoms with Crippen LogP contribution in [0.5, 0.6) is 5.75 Å². The van der Waals surface area contributed by atoms with E-state index in [1.807, 2.05) is 31.2 Å².